The highest BCUT2D eigenvalue weighted by atomic mass is 32.2. The van der Waals surface area contributed by atoms with E-state index < -0.39 is 10.0 Å². The van der Waals surface area contributed by atoms with Crippen molar-refractivity contribution in [2.45, 2.75) is 5.75 Å². The van der Waals surface area contributed by atoms with Crippen LogP contribution in [0.5, 0.6) is 0 Å². The molecule has 7 heteroatoms. The van der Waals surface area contributed by atoms with Crippen LogP contribution in [0.15, 0.2) is 24.3 Å². The molecule has 1 heterocycles. The number of ether oxygens (including phenoxy) is 1. The van der Waals surface area contributed by atoms with Crippen molar-refractivity contribution in [2.75, 3.05) is 39.4 Å². The minimum absolute atomic E-state index is 0.167. The molecule has 6 nitrogen and oxygen atoms in total. The summed E-state index contributed by atoms with van der Waals surface area (Å²) in [5.74, 6) is -0.167. The van der Waals surface area contributed by atoms with Crippen LogP contribution in [-0.4, -0.2) is 52.7 Å². The molecule has 0 unspecified atom stereocenters. The molecule has 0 saturated carbocycles. The van der Waals surface area contributed by atoms with E-state index in [2.05, 4.69) is 9.62 Å². The van der Waals surface area contributed by atoms with Crippen molar-refractivity contribution >= 4 is 10.0 Å². The third-order valence-electron chi connectivity index (χ3n) is 3.34. The summed E-state index contributed by atoms with van der Waals surface area (Å²) in [6.45, 7) is 4.10. The molecule has 0 aliphatic carbocycles. The zero-order chi connectivity index (χ0) is 15.1. The Hall–Kier alpha value is -1.46. The molecule has 1 fully saturated rings. The van der Waals surface area contributed by atoms with Gasteiger partial charge in [-0.05, 0) is 11.6 Å². The molecular weight excluding hydrogens is 290 g/mol. The quantitative estimate of drug-likeness (QED) is 0.818. The molecule has 0 aromatic heterocycles. The van der Waals surface area contributed by atoms with Crippen LogP contribution in [0.25, 0.3) is 0 Å². The van der Waals surface area contributed by atoms with Gasteiger partial charge in [0, 0.05) is 26.2 Å². The van der Waals surface area contributed by atoms with Gasteiger partial charge >= 0.3 is 0 Å². The molecule has 1 aromatic rings. The second-order valence-electron chi connectivity index (χ2n) is 4.88. The van der Waals surface area contributed by atoms with Gasteiger partial charge in [-0.2, -0.15) is 5.26 Å². The van der Waals surface area contributed by atoms with Crippen molar-refractivity contribution in [3.63, 3.8) is 0 Å². The molecule has 1 aliphatic rings. The van der Waals surface area contributed by atoms with Crippen molar-refractivity contribution in [1.29, 1.82) is 5.26 Å². The summed E-state index contributed by atoms with van der Waals surface area (Å²) in [5.41, 5.74) is 0.926. The fraction of sp³-hybridized carbons (Fsp3) is 0.500. The number of hydrogen-bond donors (Lipinski definition) is 1. The highest BCUT2D eigenvalue weighted by molar-refractivity contribution is 7.88. The van der Waals surface area contributed by atoms with E-state index in [0.29, 0.717) is 37.4 Å². The Morgan fingerprint density at radius 2 is 2.00 bits per heavy atom. The Balaban J connectivity index is 1.85. The van der Waals surface area contributed by atoms with E-state index in [9.17, 15) is 8.42 Å². The first kappa shape index (κ1) is 15.9. The first-order chi connectivity index (χ1) is 10.1. The number of nitrogens with one attached hydrogen (secondary N) is 1. The van der Waals surface area contributed by atoms with Crippen LogP contribution >= 0.6 is 0 Å². The Labute approximate surface area is 125 Å². The molecular formula is C14H19N3O3S. The largest absolute Gasteiger partial charge is 0.379 e. The predicted molar refractivity (Wildman–Crippen MR) is 79.0 cm³/mol. The number of sulfonamides is 1. The average molecular weight is 309 g/mol. The molecule has 0 amide bonds. The SMILES string of the molecule is N#Cc1ccccc1CS(=O)(=O)NCCN1CCOCC1. The Morgan fingerprint density at radius 3 is 2.71 bits per heavy atom. The monoisotopic (exact) mass is 309 g/mol. The maximum atomic E-state index is 12.0. The summed E-state index contributed by atoms with van der Waals surface area (Å²) in [4.78, 5) is 2.16. The lowest BCUT2D eigenvalue weighted by Crippen LogP contribution is -2.41. The summed E-state index contributed by atoms with van der Waals surface area (Å²) < 4.78 is 31.9. The lowest BCUT2D eigenvalue weighted by atomic mass is 10.1. The van der Waals surface area contributed by atoms with Crippen LogP contribution in [-0.2, 0) is 20.5 Å². The Morgan fingerprint density at radius 1 is 1.29 bits per heavy atom. The molecule has 0 atom stereocenters. The van der Waals surface area contributed by atoms with E-state index in [0.717, 1.165) is 13.1 Å². The molecule has 2 rings (SSSR count). The van der Waals surface area contributed by atoms with Crippen molar-refractivity contribution in [1.82, 2.24) is 9.62 Å². The second kappa shape index (κ2) is 7.52. The van der Waals surface area contributed by atoms with E-state index in [-0.39, 0.29) is 5.75 Å². The van der Waals surface area contributed by atoms with Crippen molar-refractivity contribution in [3.05, 3.63) is 35.4 Å². The number of benzene rings is 1. The second-order valence-corrected chi connectivity index (χ2v) is 6.68. The van der Waals surface area contributed by atoms with Gasteiger partial charge in [-0.1, -0.05) is 18.2 Å². The molecule has 21 heavy (non-hydrogen) atoms. The summed E-state index contributed by atoms with van der Waals surface area (Å²) in [6, 6.07) is 8.76. The zero-order valence-electron chi connectivity index (χ0n) is 11.8. The van der Waals surface area contributed by atoms with Crippen molar-refractivity contribution in [2.24, 2.45) is 0 Å². The van der Waals surface area contributed by atoms with Crippen LogP contribution in [0.2, 0.25) is 0 Å². The summed E-state index contributed by atoms with van der Waals surface area (Å²) in [7, 11) is -3.43. The van der Waals surface area contributed by atoms with Crippen LogP contribution in [0.3, 0.4) is 0 Å². The highest BCUT2D eigenvalue weighted by Crippen LogP contribution is 2.10. The van der Waals surface area contributed by atoms with Gasteiger partial charge in [0.1, 0.15) is 0 Å². The number of nitrogens with zero attached hydrogens (tertiary/aromatic N) is 2. The van der Waals surface area contributed by atoms with E-state index in [1.54, 1.807) is 24.3 Å². The van der Waals surface area contributed by atoms with E-state index >= 15 is 0 Å². The van der Waals surface area contributed by atoms with Gasteiger partial charge in [0.25, 0.3) is 0 Å². The van der Waals surface area contributed by atoms with Crippen LogP contribution in [0.1, 0.15) is 11.1 Å². The molecule has 1 aliphatic heterocycles. The molecule has 0 bridgehead atoms. The highest BCUT2D eigenvalue weighted by Gasteiger charge is 2.15. The fourth-order valence-corrected chi connectivity index (χ4v) is 3.36. The average Bonchev–Trinajstić information content (AvgIpc) is 2.48. The minimum Gasteiger partial charge on any atom is -0.379 e. The van der Waals surface area contributed by atoms with E-state index in [1.165, 1.54) is 0 Å². The fourth-order valence-electron chi connectivity index (χ4n) is 2.20. The number of hydrogen-bond acceptors (Lipinski definition) is 5. The molecule has 0 radical (unpaired) electrons. The lowest BCUT2D eigenvalue weighted by molar-refractivity contribution is 0.0390. The summed E-state index contributed by atoms with van der Waals surface area (Å²) in [5, 5.41) is 8.98. The third kappa shape index (κ3) is 5.10. The molecule has 1 saturated heterocycles. The van der Waals surface area contributed by atoms with Gasteiger partial charge in [0.15, 0.2) is 0 Å². The smallest absolute Gasteiger partial charge is 0.215 e. The number of nitriles is 1. The molecule has 114 valence electrons. The van der Waals surface area contributed by atoms with Crippen LogP contribution in [0.4, 0.5) is 0 Å². The molecule has 1 aromatic carbocycles. The normalized spacial score (nSPS) is 16.5. The topological polar surface area (TPSA) is 82.4 Å². The lowest BCUT2D eigenvalue weighted by Gasteiger charge is -2.26. The first-order valence-electron chi connectivity index (χ1n) is 6.86. The van der Waals surface area contributed by atoms with Gasteiger partial charge in [-0.3, -0.25) is 4.90 Å². The van der Waals surface area contributed by atoms with Gasteiger partial charge in [-0.25, -0.2) is 13.1 Å². The zero-order valence-corrected chi connectivity index (χ0v) is 12.6. The predicted octanol–water partition coefficient (Wildman–Crippen LogP) is 0.310. The van der Waals surface area contributed by atoms with Crippen LogP contribution < -0.4 is 4.72 Å². The van der Waals surface area contributed by atoms with Gasteiger partial charge in [-0.15, -0.1) is 0 Å². The van der Waals surface area contributed by atoms with Crippen LogP contribution in [0, 0.1) is 11.3 Å². The summed E-state index contributed by atoms with van der Waals surface area (Å²) in [6.07, 6.45) is 0. The summed E-state index contributed by atoms with van der Waals surface area (Å²) >= 11 is 0. The standard InChI is InChI=1S/C14H19N3O3S/c15-11-13-3-1-2-4-14(13)12-21(18,19)16-5-6-17-7-9-20-10-8-17/h1-4,16H,5-10,12H2. The van der Waals surface area contributed by atoms with Crippen molar-refractivity contribution in [3.8, 4) is 6.07 Å². The number of rotatable bonds is 6. The van der Waals surface area contributed by atoms with Gasteiger partial charge in [0.2, 0.25) is 10.0 Å². The molecule has 1 N–H and O–H groups in total. The Kier molecular flexibility index (Phi) is 5.70. The van der Waals surface area contributed by atoms with Gasteiger partial charge in [0.05, 0.1) is 30.6 Å². The first-order valence-corrected chi connectivity index (χ1v) is 8.51. The van der Waals surface area contributed by atoms with E-state index in [4.69, 9.17) is 10.00 Å². The third-order valence-corrected chi connectivity index (χ3v) is 4.67. The minimum atomic E-state index is -3.43. The molecule has 0 spiro atoms. The maximum Gasteiger partial charge on any atom is 0.215 e. The maximum absolute atomic E-state index is 12.0. The Bertz CT molecular complexity index is 604. The van der Waals surface area contributed by atoms with E-state index in [1.807, 2.05) is 6.07 Å². The number of morpholine rings is 1. The van der Waals surface area contributed by atoms with Gasteiger partial charge < -0.3 is 4.74 Å². The van der Waals surface area contributed by atoms with Crippen molar-refractivity contribution < 1.29 is 13.2 Å².